The van der Waals surface area contributed by atoms with Gasteiger partial charge < -0.3 is 20.1 Å². The molecule has 0 spiro atoms. The van der Waals surface area contributed by atoms with Gasteiger partial charge in [0.25, 0.3) is 0 Å². The molecule has 2 saturated heterocycles. The van der Waals surface area contributed by atoms with E-state index >= 15 is 0 Å². The molecular formula is C21H28N2O5. The van der Waals surface area contributed by atoms with E-state index in [1.807, 2.05) is 30.3 Å². The first-order valence-electron chi connectivity index (χ1n) is 9.74. The summed E-state index contributed by atoms with van der Waals surface area (Å²) in [6.45, 7) is 5.25. The monoisotopic (exact) mass is 388 g/mol. The number of nitrogens with zero attached hydrogens (tertiary/aromatic N) is 1. The maximum absolute atomic E-state index is 13.0. The van der Waals surface area contributed by atoms with Gasteiger partial charge in [0.15, 0.2) is 0 Å². The lowest BCUT2D eigenvalue weighted by molar-refractivity contribution is -0.152. The lowest BCUT2D eigenvalue weighted by atomic mass is 9.86. The molecule has 1 aromatic rings. The summed E-state index contributed by atoms with van der Waals surface area (Å²) in [6, 6.07) is 8.20. The van der Waals surface area contributed by atoms with Gasteiger partial charge >= 0.3 is 12.1 Å². The first-order chi connectivity index (χ1) is 13.2. The van der Waals surface area contributed by atoms with E-state index in [-0.39, 0.29) is 17.9 Å². The highest BCUT2D eigenvalue weighted by molar-refractivity contribution is 5.90. The Labute approximate surface area is 165 Å². The van der Waals surface area contributed by atoms with Crippen molar-refractivity contribution in [3.8, 4) is 0 Å². The third-order valence-corrected chi connectivity index (χ3v) is 5.38. The molecule has 0 unspecified atom stereocenters. The Morgan fingerprint density at radius 1 is 1.21 bits per heavy atom. The zero-order valence-electron chi connectivity index (χ0n) is 16.6. The fourth-order valence-corrected chi connectivity index (χ4v) is 4.29. The zero-order chi connectivity index (χ0) is 20.5. The molecule has 152 valence electrons. The number of hydrogen-bond acceptors (Lipinski definition) is 4. The van der Waals surface area contributed by atoms with Gasteiger partial charge in [-0.15, -0.1) is 0 Å². The van der Waals surface area contributed by atoms with Crippen molar-refractivity contribution in [2.24, 2.45) is 5.92 Å². The van der Waals surface area contributed by atoms with Crippen molar-refractivity contribution in [1.29, 1.82) is 0 Å². The molecule has 4 atom stereocenters. The molecular weight excluding hydrogens is 360 g/mol. The number of hydrogen-bond donors (Lipinski definition) is 2. The maximum Gasteiger partial charge on any atom is 0.408 e. The van der Waals surface area contributed by atoms with Crippen molar-refractivity contribution in [3.05, 3.63) is 35.9 Å². The predicted octanol–water partition coefficient (Wildman–Crippen LogP) is 2.59. The number of carbonyl (C=O) groups is 3. The molecule has 2 aliphatic heterocycles. The largest absolute Gasteiger partial charge is 0.480 e. The summed E-state index contributed by atoms with van der Waals surface area (Å²) in [5, 5.41) is 12.3. The molecule has 2 aliphatic rings. The van der Waals surface area contributed by atoms with Gasteiger partial charge in [-0.05, 0) is 57.9 Å². The summed E-state index contributed by atoms with van der Waals surface area (Å²) < 4.78 is 5.24. The Kier molecular flexibility index (Phi) is 5.63. The minimum absolute atomic E-state index is 0.0925. The van der Waals surface area contributed by atoms with Crippen LogP contribution in [-0.4, -0.2) is 51.7 Å². The first kappa shape index (κ1) is 20.2. The molecule has 1 aromatic carbocycles. The minimum atomic E-state index is -0.994. The molecule has 2 amide bonds. The van der Waals surface area contributed by atoms with Crippen LogP contribution in [0, 0.1) is 5.92 Å². The summed E-state index contributed by atoms with van der Waals surface area (Å²) in [4.78, 5) is 38.4. The molecule has 28 heavy (non-hydrogen) atoms. The van der Waals surface area contributed by atoms with Gasteiger partial charge in [0.2, 0.25) is 5.91 Å². The Bertz CT molecular complexity index is 743. The molecule has 3 rings (SSSR count). The maximum atomic E-state index is 13.0. The Morgan fingerprint density at radius 2 is 1.89 bits per heavy atom. The molecule has 0 bridgehead atoms. The number of rotatable bonds is 4. The average molecular weight is 388 g/mol. The van der Waals surface area contributed by atoms with E-state index in [4.69, 9.17) is 4.74 Å². The zero-order valence-corrected chi connectivity index (χ0v) is 16.6. The highest BCUT2D eigenvalue weighted by Gasteiger charge is 2.51. The highest BCUT2D eigenvalue weighted by atomic mass is 16.6. The molecule has 0 aliphatic carbocycles. The van der Waals surface area contributed by atoms with E-state index in [1.165, 1.54) is 4.90 Å². The number of piperidine rings is 1. The second-order valence-electron chi connectivity index (χ2n) is 8.63. The molecule has 7 nitrogen and oxygen atoms in total. The van der Waals surface area contributed by atoms with Crippen molar-refractivity contribution in [2.75, 3.05) is 0 Å². The molecule has 7 heteroatoms. The number of carbonyl (C=O) groups excluding carboxylic acids is 2. The SMILES string of the molecule is CC(C)(C)OC(=O)N[C@H]1CC[C@H]2[C@H](Cc3ccccc3)C[C@@H](C(=O)O)N2C1=O. The normalized spacial score (nSPS) is 27.2. The second-order valence-corrected chi connectivity index (χ2v) is 8.63. The van der Waals surface area contributed by atoms with Crippen LogP contribution in [0.4, 0.5) is 4.79 Å². The number of alkyl carbamates (subject to hydrolysis) is 1. The van der Waals surface area contributed by atoms with E-state index < -0.39 is 29.7 Å². The Balaban J connectivity index is 1.73. The predicted molar refractivity (Wildman–Crippen MR) is 103 cm³/mol. The summed E-state index contributed by atoms with van der Waals surface area (Å²) in [5.41, 5.74) is 0.475. The van der Waals surface area contributed by atoms with Crippen LogP contribution < -0.4 is 5.32 Å². The van der Waals surface area contributed by atoms with Gasteiger partial charge in [-0.25, -0.2) is 9.59 Å². The molecule has 0 radical (unpaired) electrons. The fraction of sp³-hybridized carbons (Fsp3) is 0.571. The van der Waals surface area contributed by atoms with E-state index in [2.05, 4.69) is 5.32 Å². The topological polar surface area (TPSA) is 95.9 Å². The van der Waals surface area contributed by atoms with Crippen molar-refractivity contribution >= 4 is 18.0 Å². The standard InChI is InChI=1S/C21H28N2O5/c1-21(2,3)28-20(27)22-15-9-10-16-14(11-13-7-5-4-6-8-13)12-17(19(25)26)23(16)18(15)24/h4-8,14-17H,9-12H2,1-3H3,(H,22,27)(H,25,26)/t14-,15+,16+,17+/m1/s1. The third-order valence-electron chi connectivity index (χ3n) is 5.38. The number of nitrogens with one attached hydrogen (secondary N) is 1. The van der Waals surface area contributed by atoms with Crippen molar-refractivity contribution in [2.45, 2.75) is 70.2 Å². The van der Waals surface area contributed by atoms with Crippen LogP contribution in [0.15, 0.2) is 30.3 Å². The van der Waals surface area contributed by atoms with Gasteiger partial charge in [-0.3, -0.25) is 4.79 Å². The quantitative estimate of drug-likeness (QED) is 0.827. The molecule has 2 heterocycles. The van der Waals surface area contributed by atoms with Gasteiger partial charge in [0, 0.05) is 6.04 Å². The summed E-state index contributed by atoms with van der Waals surface area (Å²) >= 11 is 0. The van der Waals surface area contributed by atoms with Crippen LogP contribution in [0.25, 0.3) is 0 Å². The van der Waals surface area contributed by atoms with Crippen LogP contribution in [0.5, 0.6) is 0 Å². The molecule has 0 saturated carbocycles. The van der Waals surface area contributed by atoms with Gasteiger partial charge in [-0.1, -0.05) is 30.3 Å². The Morgan fingerprint density at radius 3 is 2.50 bits per heavy atom. The number of aliphatic carboxylic acids is 1. The second kappa shape index (κ2) is 7.81. The number of amides is 2. The lowest BCUT2D eigenvalue weighted by Gasteiger charge is -2.38. The number of fused-ring (bicyclic) bond motifs is 1. The van der Waals surface area contributed by atoms with Crippen LogP contribution >= 0.6 is 0 Å². The van der Waals surface area contributed by atoms with Crippen LogP contribution in [0.2, 0.25) is 0 Å². The molecule has 2 N–H and O–H groups in total. The first-order valence-corrected chi connectivity index (χ1v) is 9.74. The fourth-order valence-electron chi connectivity index (χ4n) is 4.29. The van der Waals surface area contributed by atoms with Crippen molar-refractivity contribution < 1.29 is 24.2 Å². The summed E-state index contributed by atoms with van der Waals surface area (Å²) in [5.74, 6) is -1.23. The van der Waals surface area contributed by atoms with Crippen molar-refractivity contribution in [3.63, 3.8) is 0 Å². The average Bonchev–Trinajstić information content (AvgIpc) is 2.96. The van der Waals surface area contributed by atoms with Crippen LogP contribution in [-0.2, 0) is 20.7 Å². The Hall–Kier alpha value is -2.57. The molecule has 0 aromatic heterocycles. The van der Waals surface area contributed by atoms with Gasteiger partial charge in [0.05, 0.1) is 0 Å². The van der Waals surface area contributed by atoms with E-state index in [9.17, 15) is 19.5 Å². The smallest absolute Gasteiger partial charge is 0.408 e. The molecule has 2 fully saturated rings. The van der Waals surface area contributed by atoms with Crippen LogP contribution in [0.3, 0.4) is 0 Å². The number of benzene rings is 1. The summed E-state index contributed by atoms with van der Waals surface area (Å²) in [7, 11) is 0. The number of ether oxygens (including phenoxy) is 1. The summed E-state index contributed by atoms with van der Waals surface area (Å²) in [6.07, 6.45) is 1.66. The number of carboxylic acid groups (broad SMARTS) is 1. The highest BCUT2D eigenvalue weighted by Crippen LogP contribution is 2.38. The van der Waals surface area contributed by atoms with E-state index in [0.717, 1.165) is 12.0 Å². The van der Waals surface area contributed by atoms with Gasteiger partial charge in [-0.2, -0.15) is 0 Å². The van der Waals surface area contributed by atoms with Crippen molar-refractivity contribution in [1.82, 2.24) is 10.2 Å². The number of carboxylic acids is 1. The van der Waals surface area contributed by atoms with Crippen LogP contribution in [0.1, 0.15) is 45.6 Å². The van der Waals surface area contributed by atoms with E-state index in [1.54, 1.807) is 20.8 Å². The third kappa shape index (κ3) is 4.46. The minimum Gasteiger partial charge on any atom is -0.480 e. The van der Waals surface area contributed by atoms with E-state index in [0.29, 0.717) is 19.3 Å². The lowest BCUT2D eigenvalue weighted by Crippen LogP contribution is -2.58. The van der Waals surface area contributed by atoms with Gasteiger partial charge in [0.1, 0.15) is 17.7 Å².